The summed E-state index contributed by atoms with van der Waals surface area (Å²) < 4.78 is 173. The molecule has 6 rings (SSSR count). The van der Waals surface area contributed by atoms with Crippen molar-refractivity contribution in [2.45, 2.75) is 88.8 Å². The summed E-state index contributed by atoms with van der Waals surface area (Å²) in [6.07, 6.45) is 9.23. The minimum absolute atomic E-state index is 0.0784. The maximum atomic E-state index is 12.7. The molecule has 4 aromatic rings. The number of unbranched alkanes of at least 4 members (excludes halogenated alkanes) is 2. The van der Waals surface area contributed by atoms with E-state index < -0.39 is 91.4 Å². The number of hydrogen-bond acceptors (Lipinski definition) is 14. The quantitative estimate of drug-likeness (QED) is 0.0297. The molecule has 4 heterocycles. The highest BCUT2D eigenvalue weighted by Gasteiger charge is 2.48. The van der Waals surface area contributed by atoms with Gasteiger partial charge in [0.25, 0.3) is 30.4 Å². The van der Waals surface area contributed by atoms with Crippen molar-refractivity contribution in [1.82, 2.24) is 0 Å². The first-order valence-corrected chi connectivity index (χ1v) is 28.0. The predicted molar refractivity (Wildman–Crippen MR) is 240 cm³/mol. The van der Waals surface area contributed by atoms with Crippen molar-refractivity contribution in [1.29, 1.82) is 0 Å². The largest absolute Gasteiger partial charge is 0.481 e. The van der Waals surface area contributed by atoms with Gasteiger partial charge >= 0.3 is 26.2 Å². The van der Waals surface area contributed by atoms with E-state index in [2.05, 4.69) is 0 Å². The van der Waals surface area contributed by atoms with Crippen LogP contribution in [0.5, 0.6) is 0 Å². The van der Waals surface area contributed by atoms with Crippen LogP contribution in [0.3, 0.4) is 0 Å². The van der Waals surface area contributed by atoms with Crippen LogP contribution in [0, 0.1) is 0 Å². The molecule has 0 atom stereocenters. The average Bonchev–Trinajstić information content (AvgIpc) is 3.86. The Hall–Kier alpha value is -3.93. The number of anilines is 1. The number of allylic oxidation sites excluding steroid dienone is 6. The SMILES string of the molecule is CC1(C)C(/C=C/C=C/C=C2/N(CCCCCC(=O)O)c3cc(S(=O)(=O)O)c4sc(S(=O)(=O)O)cc4c3C2(C)C)=[N+](CCCS(=O)(=O)O)c2cc(S(=O)(=O)O)c3sc(S(=O)(=O)O)cc3c21. The summed E-state index contributed by atoms with van der Waals surface area (Å²) in [6, 6.07) is 4.58. The normalized spacial score (nSPS) is 17.5. The Balaban J connectivity index is 1.48. The topological polar surface area (TPSA) is 315 Å². The van der Waals surface area contributed by atoms with Crippen molar-refractivity contribution in [3.05, 3.63) is 71.5 Å². The fourth-order valence-corrected chi connectivity index (χ4v) is 14.5. The summed E-state index contributed by atoms with van der Waals surface area (Å²) in [5, 5.41) is 9.38. The van der Waals surface area contributed by atoms with E-state index in [1.807, 2.05) is 0 Å². The molecular formula is C38H43N2O17S7+. The van der Waals surface area contributed by atoms with Crippen LogP contribution in [-0.2, 0) is 66.2 Å². The Morgan fingerprint density at radius 3 is 1.73 bits per heavy atom. The molecule has 2 aromatic heterocycles. The van der Waals surface area contributed by atoms with E-state index in [0.717, 1.165) is 18.2 Å². The van der Waals surface area contributed by atoms with Crippen LogP contribution in [0.15, 0.2) is 78.6 Å². The lowest BCUT2D eigenvalue weighted by atomic mass is 9.80. The number of thiophene rings is 2. The molecule has 26 heteroatoms. The summed E-state index contributed by atoms with van der Waals surface area (Å²) >= 11 is 0.908. The molecule has 0 amide bonds. The molecule has 2 aliphatic rings. The number of aliphatic carboxylic acids is 1. The van der Waals surface area contributed by atoms with E-state index in [9.17, 15) is 69.6 Å². The van der Waals surface area contributed by atoms with E-state index in [0.29, 0.717) is 70.2 Å². The standard InChI is InChI=1S/C38H42N2O17S7/c1-37(2)28(39(15-10-6-9-14-30(41)42)24-20-26(61(46,47)48)35-22(33(24)37)18-31(58-35)63(52,53)54)12-7-5-8-13-29-38(3,4)34-23-19-32(64(55,56)57)59-36(23)27(62(49,50)51)21-25(34)40(29)16-11-17-60(43,44)45/h5,7-8,12-13,18-21H,6,9-11,14-17H2,1-4H3,(H5-,41,42,43,44,45,46,47,48,49,50,51,52,53,54,55,56,57)/p+1. The molecule has 2 aliphatic heterocycles. The second-order valence-corrected chi connectivity index (χ2v) is 25.9. The lowest BCUT2D eigenvalue weighted by molar-refractivity contribution is -0.437. The molecule has 348 valence electrons. The highest BCUT2D eigenvalue weighted by atomic mass is 32.3. The van der Waals surface area contributed by atoms with Crippen LogP contribution in [-0.4, -0.2) is 105 Å². The predicted octanol–water partition coefficient (Wildman–Crippen LogP) is 6.20. The van der Waals surface area contributed by atoms with Crippen LogP contribution < -0.4 is 4.90 Å². The summed E-state index contributed by atoms with van der Waals surface area (Å²) in [6.45, 7) is 7.22. The van der Waals surface area contributed by atoms with Crippen LogP contribution in [0.2, 0.25) is 0 Å². The van der Waals surface area contributed by atoms with Gasteiger partial charge in [-0.2, -0.15) is 46.7 Å². The van der Waals surface area contributed by atoms with E-state index in [1.165, 1.54) is 6.07 Å². The molecule has 2 aromatic carbocycles. The Kier molecular flexibility index (Phi) is 13.2. The lowest BCUT2D eigenvalue weighted by Crippen LogP contribution is -2.28. The third kappa shape index (κ3) is 9.78. The van der Waals surface area contributed by atoms with E-state index in [1.54, 1.807) is 67.6 Å². The zero-order chi connectivity index (χ0) is 47.7. The van der Waals surface area contributed by atoms with Gasteiger partial charge in [0, 0.05) is 64.7 Å². The molecule has 6 N–H and O–H groups in total. The van der Waals surface area contributed by atoms with E-state index >= 15 is 0 Å². The van der Waals surface area contributed by atoms with Crippen molar-refractivity contribution in [3.8, 4) is 0 Å². The zero-order valence-corrected chi connectivity index (χ0v) is 40.0. The number of hydrogen-bond donors (Lipinski definition) is 6. The number of carboxylic acid groups (broad SMARTS) is 1. The number of rotatable bonds is 17. The first-order chi connectivity index (χ1) is 29.3. The van der Waals surface area contributed by atoms with Gasteiger partial charge in [0.15, 0.2) is 5.71 Å². The van der Waals surface area contributed by atoms with E-state index in [-0.39, 0.29) is 51.8 Å². The highest BCUT2D eigenvalue weighted by Crippen LogP contribution is 2.54. The van der Waals surface area contributed by atoms with Crippen LogP contribution >= 0.6 is 22.7 Å². The number of nitrogens with zero attached hydrogens (tertiary/aromatic N) is 2. The van der Waals surface area contributed by atoms with E-state index in [4.69, 9.17) is 5.11 Å². The third-order valence-corrected chi connectivity index (χ3v) is 18.8. The van der Waals surface area contributed by atoms with Crippen molar-refractivity contribution in [2.75, 3.05) is 23.7 Å². The first-order valence-electron chi connectivity index (χ1n) is 19.0. The zero-order valence-electron chi connectivity index (χ0n) is 34.3. The average molecular weight is 1020 g/mol. The summed E-state index contributed by atoms with van der Waals surface area (Å²) in [5.74, 6) is -1.64. The van der Waals surface area contributed by atoms with Gasteiger partial charge in [-0.1, -0.05) is 38.5 Å². The summed E-state index contributed by atoms with van der Waals surface area (Å²) in [5.41, 5.74) is 0.356. The van der Waals surface area contributed by atoms with Gasteiger partial charge in [0.05, 0.1) is 20.6 Å². The van der Waals surface area contributed by atoms with Gasteiger partial charge in [-0.15, -0.1) is 22.7 Å². The smallest absolute Gasteiger partial charge is 0.304 e. The molecule has 0 fully saturated rings. The molecule has 19 nitrogen and oxygen atoms in total. The highest BCUT2D eigenvalue weighted by molar-refractivity contribution is 7.89. The molecule has 0 bridgehead atoms. The molecule has 0 radical (unpaired) electrons. The molecule has 0 saturated carbocycles. The van der Waals surface area contributed by atoms with Crippen LogP contribution in [0.25, 0.3) is 20.2 Å². The fourth-order valence-electron chi connectivity index (χ4n) is 8.41. The fraction of sp³-hybridized carbons (Fsp3) is 0.368. The Morgan fingerprint density at radius 1 is 0.672 bits per heavy atom. The van der Waals surface area contributed by atoms with Crippen molar-refractivity contribution >= 4 is 116 Å². The van der Waals surface area contributed by atoms with Crippen LogP contribution in [0.4, 0.5) is 11.4 Å². The van der Waals surface area contributed by atoms with Crippen molar-refractivity contribution in [2.24, 2.45) is 0 Å². The summed E-state index contributed by atoms with van der Waals surface area (Å²) in [7, 11) is -24.0. The second-order valence-electron chi connectivity index (χ2n) is 16.1. The second kappa shape index (κ2) is 17.1. The monoisotopic (exact) mass is 1020 g/mol. The van der Waals surface area contributed by atoms with Crippen molar-refractivity contribution < 1.29 is 79.3 Å². The van der Waals surface area contributed by atoms with Gasteiger partial charge in [-0.05, 0) is 56.5 Å². The Labute approximate surface area is 377 Å². The first kappa shape index (κ1) is 49.5. The molecule has 0 unspecified atom stereocenters. The molecular weight excluding hydrogens is 981 g/mol. The molecule has 0 aliphatic carbocycles. The number of carboxylic acids is 1. The number of fused-ring (bicyclic) bond motifs is 6. The number of benzene rings is 2. The maximum absolute atomic E-state index is 12.7. The Bertz CT molecular complexity index is 3340. The molecule has 64 heavy (non-hydrogen) atoms. The maximum Gasteiger partial charge on any atom is 0.304 e. The van der Waals surface area contributed by atoms with Gasteiger partial charge in [0.2, 0.25) is 5.69 Å². The van der Waals surface area contributed by atoms with Crippen molar-refractivity contribution in [3.63, 3.8) is 0 Å². The van der Waals surface area contributed by atoms with Gasteiger partial charge in [0.1, 0.15) is 24.8 Å². The summed E-state index contributed by atoms with van der Waals surface area (Å²) in [4.78, 5) is 11.7. The lowest BCUT2D eigenvalue weighted by Gasteiger charge is -2.27. The van der Waals surface area contributed by atoms with Gasteiger partial charge in [-0.3, -0.25) is 27.6 Å². The number of carbonyl (C=O) groups is 1. The molecule has 0 spiro atoms. The Morgan fingerprint density at radius 2 is 1.22 bits per heavy atom. The molecule has 0 saturated heterocycles. The van der Waals surface area contributed by atoms with Gasteiger partial charge in [-0.25, -0.2) is 0 Å². The third-order valence-electron chi connectivity index (χ3n) is 11.0. The minimum atomic E-state index is -4.99. The van der Waals surface area contributed by atoms with Gasteiger partial charge < -0.3 is 10.0 Å². The minimum Gasteiger partial charge on any atom is -0.481 e. The van der Waals surface area contributed by atoms with Crippen LogP contribution in [0.1, 0.15) is 70.9 Å².